The lowest BCUT2D eigenvalue weighted by molar-refractivity contribution is -0.150. The standard InChI is InChI=1S/C17H35NO2/c1-3-4-5-6-7-8-9-10-11-12-13-14-15-16-17(19)20-18-2/h18H,3-16H2,1-2H3. The molecule has 0 aliphatic rings. The lowest BCUT2D eigenvalue weighted by Gasteiger charge is -2.03. The highest BCUT2D eigenvalue weighted by atomic mass is 16.7. The largest absolute Gasteiger partial charge is 0.371 e. The van der Waals surface area contributed by atoms with Crippen molar-refractivity contribution in [3.63, 3.8) is 0 Å². The van der Waals surface area contributed by atoms with Gasteiger partial charge in [0.15, 0.2) is 0 Å². The Balaban J connectivity index is 3.01. The number of hydrogen-bond donors (Lipinski definition) is 1. The van der Waals surface area contributed by atoms with E-state index in [9.17, 15) is 4.79 Å². The molecule has 3 nitrogen and oxygen atoms in total. The van der Waals surface area contributed by atoms with E-state index in [1.807, 2.05) is 0 Å². The van der Waals surface area contributed by atoms with Crippen LogP contribution in [0.3, 0.4) is 0 Å². The van der Waals surface area contributed by atoms with Crippen LogP contribution in [0.4, 0.5) is 0 Å². The van der Waals surface area contributed by atoms with Crippen LogP contribution in [0.25, 0.3) is 0 Å². The fourth-order valence-corrected chi connectivity index (χ4v) is 2.45. The maximum absolute atomic E-state index is 11.1. The molecule has 0 heterocycles. The number of carbonyl (C=O) groups excluding carboxylic acids is 1. The topological polar surface area (TPSA) is 38.3 Å². The number of hydroxylamine groups is 1. The van der Waals surface area contributed by atoms with Crippen molar-refractivity contribution in [2.75, 3.05) is 7.05 Å². The second-order valence-corrected chi connectivity index (χ2v) is 5.67. The molecule has 0 saturated heterocycles. The molecule has 0 amide bonds. The number of hydrogen-bond acceptors (Lipinski definition) is 3. The van der Waals surface area contributed by atoms with E-state index in [4.69, 9.17) is 0 Å². The van der Waals surface area contributed by atoms with Crippen molar-refractivity contribution in [1.82, 2.24) is 5.48 Å². The maximum Gasteiger partial charge on any atom is 0.324 e. The van der Waals surface area contributed by atoms with E-state index >= 15 is 0 Å². The summed E-state index contributed by atoms with van der Waals surface area (Å²) in [5, 5.41) is 0. The summed E-state index contributed by atoms with van der Waals surface area (Å²) in [6, 6.07) is 0. The Hall–Kier alpha value is -0.570. The smallest absolute Gasteiger partial charge is 0.324 e. The minimum absolute atomic E-state index is 0.143. The highest BCUT2D eigenvalue weighted by molar-refractivity contribution is 5.68. The van der Waals surface area contributed by atoms with E-state index in [1.165, 1.54) is 70.6 Å². The van der Waals surface area contributed by atoms with Crippen LogP contribution in [0, 0.1) is 0 Å². The molecule has 0 atom stereocenters. The van der Waals surface area contributed by atoms with Gasteiger partial charge in [0, 0.05) is 13.5 Å². The zero-order valence-corrected chi connectivity index (χ0v) is 13.7. The highest BCUT2D eigenvalue weighted by Crippen LogP contribution is 2.12. The SMILES string of the molecule is CCCCCCCCCCCCCCCC(=O)ONC. The summed E-state index contributed by atoms with van der Waals surface area (Å²) < 4.78 is 0. The molecule has 20 heavy (non-hydrogen) atoms. The third kappa shape index (κ3) is 15.5. The zero-order valence-electron chi connectivity index (χ0n) is 13.7. The number of rotatable bonds is 15. The van der Waals surface area contributed by atoms with Gasteiger partial charge >= 0.3 is 5.97 Å². The molecular formula is C17H35NO2. The van der Waals surface area contributed by atoms with Gasteiger partial charge in [0.1, 0.15) is 0 Å². The summed E-state index contributed by atoms with van der Waals surface area (Å²) in [5.74, 6) is -0.143. The Labute approximate surface area is 125 Å². The van der Waals surface area contributed by atoms with E-state index in [2.05, 4.69) is 17.2 Å². The predicted molar refractivity (Wildman–Crippen MR) is 85.5 cm³/mol. The highest BCUT2D eigenvalue weighted by Gasteiger charge is 2.00. The molecule has 0 radical (unpaired) electrons. The summed E-state index contributed by atoms with van der Waals surface area (Å²) in [7, 11) is 1.61. The molecule has 0 fully saturated rings. The minimum Gasteiger partial charge on any atom is -0.371 e. The van der Waals surface area contributed by atoms with Crippen LogP contribution in [-0.2, 0) is 9.63 Å². The van der Waals surface area contributed by atoms with Gasteiger partial charge in [-0.25, -0.2) is 0 Å². The molecule has 0 aromatic carbocycles. The molecule has 0 aromatic heterocycles. The minimum atomic E-state index is -0.143. The molecule has 0 spiro atoms. The van der Waals surface area contributed by atoms with E-state index in [1.54, 1.807) is 7.05 Å². The van der Waals surface area contributed by atoms with Crippen molar-refractivity contribution in [3.8, 4) is 0 Å². The van der Waals surface area contributed by atoms with Gasteiger partial charge in [-0.3, -0.25) is 4.79 Å². The monoisotopic (exact) mass is 285 g/mol. The van der Waals surface area contributed by atoms with Gasteiger partial charge in [-0.05, 0) is 6.42 Å². The number of unbranched alkanes of at least 4 members (excludes halogenated alkanes) is 12. The molecule has 0 aromatic rings. The van der Waals surface area contributed by atoms with Gasteiger partial charge in [0.25, 0.3) is 0 Å². The first-order chi connectivity index (χ1) is 9.81. The van der Waals surface area contributed by atoms with Crippen LogP contribution in [0.5, 0.6) is 0 Å². The molecule has 3 heteroatoms. The average molecular weight is 285 g/mol. The van der Waals surface area contributed by atoms with Gasteiger partial charge in [-0.2, -0.15) is 5.48 Å². The van der Waals surface area contributed by atoms with Crippen molar-refractivity contribution in [2.24, 2.45) is 0 Å². The predicted octanol–water partition coefficient (Wildman–Crippen LogP) is 5.15. The van der Waals surface area contributed by atoms with Crippen LogP contribution in [0.1, 0.15) is 96.8 Å². The lowest BCUT2D eigenvalue weighted by Crippen LogP contribution is -2.14. The van der Waals surface area contributed by atoms with Crippen molar-refractivity contribution >= 4 is 5.97 Å². The number of carbonyl (C=O) groups is 1. The normalized spacial score (nSPS) is 10.7. The van der Waals surface area contributed by atoms with Crippen LogP contribution in [0.2, 0.25) is 0 Å². The van der Waals surface area contributed by atoms with Crippen LogP contribution in [-0.4, -0.2) is 13.0 Å². The van der Waals surface area contributed by atoms with Gasteiger partial charge in [0.05, 0.1) is 0 Å². The fourth-order valence-electron chi connectivity index (χ4n) is 2.45. The summed E-state index contributed by atoms with van der Waals surface area (Å²) in [4.78, 5) is 15.7. The molecule has 0 saturated carbocycles. The molecule has 0 aliphatic heterocycles. The van der Waals surface area contributed by atoms with E-state index in [0.717, 1.165) is 12.8 Å². The van der Waals surface area contributed by atoms with Crippen molar-refractivity contribution < 1.29 is 9.63 Å². The zero-order chi connectivity index (χ0) is 14.9. The van der Waals surface area contributed by atoms with E-state index in [-0.39, 0.29) is 5.97 Å². The van der Waals surface area contributed by atoms with Crippen LogP contribution < -0.4 is 5.48 Å². The van der Waals surface area contributed by atoms with E-state index in [0.29, 0.717) is 6.42 Å². The number of nitrogens with one attached hydrogen (secondary N) is 1. The lowest BCUT2D eigenvalue weighted by atomic mass is 10.0. The Morgan fingerprint density at radius 2 is 1.15 bits per heavy atom. The Morgan fingerprint density at radius 1 is 0.750 bits per heavy atom. The van der Waals surface area contributed by atoms with Gasteiger partial charge in [0.2, 0.25) is 0 Å². The second kappa shape index (κ2) is 16.5. The molecule has 0 bridgehead atoms. The Bertz CT molecular complexity index is 207. The van der Waals surface area contributed by atoms with Crippen LogP contribution in [0.15, 0.2) is 0 Å². The molecule has 1 N–H and O–H groups in total. The summed E-state index contributed by atoms with van der Waals surface area (Å²) in [6.45, 7) is 2.27. The molecule has 0 rings (SSSR count). The summed E-state index contributed by atoms with van der Waals surface area (Å²) in [6.07, 6.45) is 17.8. The van der Waals surface area contributed by atoms with Gasteiger partial charge in [-0.15, -0.1) is 0 Å². The van der Waals surface area contributed by atoms with Crippen molar-refractivity contribution in [3.05, 3.63) is 0 Å². The summed E-state index contributed by atoms with van der Waals surface area (Å²) >= 11 is 0. The molecular weight excluding hydrogens is 250 g/mol. The Morgan fingerprint density at radius 3 is 1.55 bits per heavy atom. The first kappa shape index (κ1) is 19.4. The van der Waals surface area contributed by atoms with Gasteiger partial charge in [-0.1, -0.05) is 84.0 Å². The summed E-state index contributed by atoms with van der Waals surface area (Å²) in [5.41, 5.74) is 2.41. The fraction of sp³-hybridized carbons (Fsp3) is 0.941. The van der Waals surface area contributed by atoms with Crippen molar-refractivity contribution in [1.29, 1.82) is 0 Å². The Kier molecular flexibility index (Phi) is 16.0. The second-order valence-electron chi connectivity index (χ2n) is 5.67. The quantitative estimate of drug-likeness (QED) is 0.334. The molecule has 120 valence electrons. The molecule has 0 unspecified atom stereocenters. The van der Waals surface area contributed by atoms with Gasteiger partial charge < -0.3 is 4.84 Å². The third-order valence-electron chi connectivity index (χ3n) is 3.70. The first-order valence-corrected chi connectivity index (χ1v) is 8.67. The third-order valence-corrected chi connectivity index (χ3v) is 3.70. The van der Waals surface area contributed by atoms with Crippen LogP contribution >= 0.6 is 0 Å². The van der Waals surface area contributed by atoms with Crippen molar-refractivity contribution in [2.45, 2.75) is 96.8 Å². The molecule has 0 aliphatic carbocycles. The average Bonchev–Trinajstić information content (AvgIpc) is 2.44. The first-order valence-electron chi connectivity index (χ1n) is 8.67. The van der Waals surface area contributed by atoms with E-state index < -0.39 is 0 Å². The maximum atomic E-state index is 11.1.